The molecule has 2 heterocycles. The lowest BCUT2D eigenvalue weighted by molar-refractivity contribution is -0.0605. The molecular weight excluding hydrogens is 451 g/mol. The molecule has 1 aromatic heterocycles. The Morgan fingerprint density at radius 3 is 2.71 bits per heavy atom. The van der Waals surface area contributed by atoms with E-state index in [9.17, 15) is 14.3 Å². The molecule has 0 radical (unpaired) electrons. The minimum atomic E-state index is -0.642. The Morgan fingerprint density at radius 1 is 1.14 bits per heavy atom. The van der Waals surface area contributed by atoms with Gasteiger partial charge < -0.3 is 23.9 Å². The maximum Gasteiger partial charge on any atom is 0.257 e. The first kappa shape index (κ1) is 25.1. The largest absolute Gasteiger partial charge is 0.467 e. The first-order valence-corrected chi connectivity index (χ1v) is 11.8. The van der Waals surface area contributed by atoms with Gasteiger partial charge in [0.15, 0.2) is 0 Å². The van der Waals surface area contributed by atoms with E-state index in [2.05, 4.69) is 4.90 Å². The number of hydrogen-bond donors (Lipinski definition) is 1. The summed E-state index contributed by atoms with van der Waals surface area (Å²) in [5, 5.41) is 10.5. The maximum atomic E-state index is 14.3. The topological polar surface area (TPSA) is 75.4 Å². The van der Waals surface area contributed by atoms with E-state index in [1.807, 2.05) is 30.3 Å². The number of β-amino-alcohol motifs (C(OH)–C–C–N with tert-alkyl or cyclic N) is 1. The number of hydrogen-bond acceptors (Lipinski definition) is 6. The predicted octanol–water partition coefficient (Wildman–Crippen LogP) is 3.34. The van der Waals surface area contributed by atoms with Crippen LogP contribution in [0, 0.1) is 5.82 Å². The van der Waals surface area contributed by atoms with E-state index in [1.54, 1.807) is 35.4 Å². The van der Waals surface area contributed by atoms with Crippen LogP contribution in [0.15, 0.2) is 77.4 Å². The summed E-state index contributed by atoms with van der Waals surface area (Å²) in [5.41, 5.74) is 1.07. The standard InChI is InChI=1S/C27H31FN2O5/c28-26-11-5-4-10-25(26)27(32)30(17-23-9-6-13-34-23)18-24-16-29(12-14-35-24)15-22(31)20-33-19-21-7-2-1-3-8-21/h1-11,13,22,24,31H,12,14-20H2. The van der Waals surface area contributed by atoms with E-state index in [0.29, 0.717) is 38.6 Å². The molecule has 2 unspecified atom stereocenters. The summed E-state index contributed by atoms with van der Waals surface area (Å²) in [6.07, 6.45) is 0.616. The van der Waals surface area contributed by atoms with Crippen molar-refractivity contribution in [3.05, 3.63) is 95.7 Å². The summed E-state index contributed by atoms with van der Waals surface area (Å²) in [5.74, 6) is -0.380. The highest BCUT2D eigenvalue weighted by Gasteiger charge is 2.28. The molecule has 186 valence electrons. The number of ether oxygens (including phenoxy) is 2. The van der Waals surface area contributed by atoms with Gasteiger partial charge in [0.2, 0.25) is 0 Å². The van der Waals surface area contributed by atoms with Crippen molar-refractivity contribution < 1.29 is 28.2 Å². The van der Waals surface area contributed by atoms with Crippen molar-refractivity contribution in [3.63, 3.8) is 0 Å². The van der Waals surface area contributed by atoms with Crippen LogP contribution in [-0.4, -0.2) is 72.4 Å². The first-order chi connectivity index (χ1) is 17.1. The number of rotatable bonds is 11. The second kappa shape index (κ2) is 12.6. The summed E-state index contributed by atoms with van der Waals surface area (Å²) >= 11 is 0. The summed E-state index contributed by atoms with van der Waals surface area (Å²) in [4.78, 5) is 16.8. The minimum Gasteiger partial charge on any atom is -0.467 e. The zero-order chi connectivity index (χ0) is 24.5. The number of furan rings is 1. The van der Waals surface area contributed by atoms with Crippen molar-refractivity contribution in [2.75, 3.05) is 39.4 Å². The van der Waals surface area contributed by atoms with Crippen molar-refractivity contribution in [1.82, 2.24) is 9.80 Å². The Balaban J connectivity index is 1.32. The van der Waals surface area contributed by atoms with Gasteiger partial charge in [-0.1, -0.05) is 42.5 Å². The lowest BCUT2D eigenvalue weighted by Crippen LogP contribution is -2.50. The first-order valence-electron chi connectivity index (χ1n) is 11.8. The molecule has 7 nitrogen and oxygen atoms in total. The van der Waals surface area contributed by atoms with E-state index in [0.717, 1.165) is 5.56 Å². The highest BCUT2D eigenvalue weighted by atomic mass is 19.1. The van der Waals surface area contributed by atoms with E-state index >= 15 is 0 Å². The van der Waals surface area contributed by atoms with Gasteiger partial charge in [-0.2, -0.15) is 0 Å². The van der Waals surface area contributed by atoms with Crippen molar-refractivity contribution >= 4 is 5.91 Å². The zero-order valence-corrected chi connectivity index (χ0v) is 19.6. The number of halogens is 1. The van der Waals surface area contributed by atoms with Gasteiger partial charge in [0, 0.05) is 26.2 Å². The molecule has 1 N–H and O–H groups in total. The molecule has 1 aliphatic heterocycles. The molecule has 35 heavy (non-hydrogen) atoms. The van der Waals surface area contributed by atoms with Gasteiger partial charge in [-0.3, -0.25) is 9.69 Å². The lowest BCUT2D eigenvalue weighted by atomic mass is 10.1. The Labute approximate surface area is 204 Å². The summed E-state index contributed by atoms with van der Waals surface area (Å²) in [6.45, 7) is 3.28. The third kappa shape index (κ3) is 7.47. The monoisotopic (exact) mass is 482 g/mol. The lowest BCUT2D eigenvalue weighted by Gasteiger charge is -2.36. The molecule has 8 heteroatoms. The van der Waals surface area contributed by atoms with Crippen LogP contribution in [0.1, 0.15) is 21.7 Å². The molecule has 0 aliphatic carbocycles. The van der Waals surface area contributed by atoms with Gasteiger partial charge in [0.1, 0.15) is 11.6 Å². The van der Waals surface area contributed by atoms with Crippen molar-refractivity contribution in [3.8, 4) is 0 Å². The predicted molar refractivity (Wildman–Crippen MR) is 128 cm³/mol. The van der Waals surface area contributed by atoms with Gasteiger partial charge in [0.25, 0.3) is 5.91 Å². The molecule has 4 rings (SSSR count). The fourth-order valence-corrected chi connectivity index (χ4v) is 4.16. The molecule has 1 saturated heterocycles. The molecule has 0 saturated carbocycles. The Bertz CT molecular complexity index is 1050. The second-order valence-corrected chi connectivity index (χ2v) is 8.65. The Hall–Kier alpha value is -3.04. The number of nitrogens with zero attached hydrogens (tertiary/aromatic N) is 2. The van der Waals surface area contributed by atoms with Crippen LogP contribution in [0.3, 0.4) is 0 Å². The number of aliphatic hydroxyl groups is 1. The van der Waals surface area contributed by atoms with Crippen LogP contribution in [-0.2, 0) is 22.6 Å². The molecule has 2 aromatic carbocycles. The van der Waals surface area contributed by atoms with E-state index in [1.165, 1.54) is 12.1 Å². The Morgan fingerprint density at radius 2 is 1.94 bits per heavy atom. The van der Waals surface area contributed by atoms with Crippen molar-refractivity contribution in [1.29, 1.82) is 0 Å². The van der Waals surface area contributed by atoms with Crippen LogP contribution in [0.2, 0.25) is 0 Å². The smallest absolute Gasteiger partial charge is 0.257 e. The van der Waals surface area contributed by atoms with E-state index < -0.39 is 17.8 Å². The molecule has 1 amide bonds. The SMILES string of the molecule is O=C(c1ccccc1F)N(Cc1ccco1)CC1CN(CC(O)COCc2ccccc2)CCO1. The van der Waals surface area contributed by atoms with Gasteiger partial charge in [-0.25, -0.2) is 4.39 Å². The fourth-order valence-electron chi connectivity index (χ4n) is 4.16. The zero-order valence-electron chi connectivity index (χ0n) is 19.6. The maximum absolute atomic E-state index is 14.3. The molecule has 0 spiro atoms. The highest BCUT2D eigenvalue weighted by molar-refractivity contribution is 5.94. The molecule has 1 aliphatic rings. The van der Waals surface area contributed by atoms with Crippen LogP contribution < -0.4 is 0 Å². The third-order valence-corrected chi connectivity index (χ3v) is 5.86. The third-order valence-electron chi connectivity index (χ3n) is 5.86. The van der Waals surface area contributed by atoms with Gasteiger partial charge in [-0.05, 0) is 29.8 Å². The van der Waals surface area contributed by atoms with Crippen LogP contribution in [0.4, 0.5) is 4.39 Å². The molecular formula is C27H31FN2O5. The minimum absolute atomic E-state index is 0.0118. The average molecular weight is 483 g/mol. The summed E-state index contributed by atoms with van der Waals surface area (Å²) < 4.78 is 31.3. The van der Waals surface area contributed by atoms with Crippen molar-refractivity contribution in [2.45, 2.75) is 25.4 Å². The highest BCUT2D eigenvalue weighted by Crippen LogP contribution is 2.16. The van der Waals surface area contributed by atoms with E-state index in [4.69, 9.17) is 13.9 Å². The molecule has 3 aromatic rings. The normalized spacial score (nSPS) is 17.3. The van der Waals surface area contributed by atoms with E-state index in [-0.39, 0.29) is 31.4 Å². The molecule has 2 atom stereocenters. The van der Waals surface area contributed by atoms with Crippen molar-refractivity contribution in [2.24, 2.45) is 0 Å². The number of aliphatic hydroxyl groups excluding tert-OH is 1. The van der Waals surface area contributed by atoms with Crippen LogP contribution >= 0.6 is 0 Å². The summed E-state index contributed by atoms with van der Waals surface area (Å²) in [7, 11) is 0. The van der Waals surface area contributed by atoms with Crippen LogP contribution in [0.5, 0.6) is 0 Å². The van der Waals surface area contributed by atoms with Gasteiger partial charge >= 0.3 is 0 Å². The Kier molecular flexibility index (Phi) is 9.02. The number of carbonyl (C=O) groups excluding carboxylic acids is 1. The number of morpholine rings is 1. The number of benzene rings is 2. The van der Waals surface area contributed by atoms with Crippen LogP contribution in [0.25, 0.3) is 0 Å². The summed E-state index contributed by atoms with van der Waals surface area (Å²) in [6, 6.07) is 19.3. The fraction of sp³-hybridized carbons (Fsp3) is 0.370. The number of carbonyl (C=O) groups is 1. The average Bonchev–Trinajstić information content (AvgIpc) is 3.38. The molecule has 1 fully saturated rings. The second-order valence-electron chi connectivity index (χ2n) is 8.65. The van der Waals surface area contributed by atoms with Gasteiger partial charge in [-0.15, -0.1) is 0 Å². The molecule has 0 bridgehead atoms. The van der Waals surface area contributed by atoms with Gasteiger partial charge in [0.05, 0.1) is 50.4 Å². The quantitative estimate of drug-likeness (QED) is 0.452. The number of amides is 1.